The van der Waals surface area contributed by atoms with Crippen molar-refractivity contribution >= 4 is 11.4 Å². The van der Waals surface area contributed by atoms with Crippen molar-refractivity contribution in [3.05, 3.63) is 18.0 Å². The lowest BCUT2D eigenvalue weighted by molar-refractivity contribution is -0.0242. The van der Waals surface area contributed by atoms with E-state index in [9.17, 15) is 0 Å². The molecule has 3 rings (SSSR count). The van der Waals surface area contributed by atoms with Gasteiger partial charge in [-0.05, 0) is 65.4 Å². The van der Waals surface area contributed by atoms with Crippen molar-refractivity contribution < 1.29 is 4.74 Å². The van der Waals surface area contributed by atoms with Gasteiger partial charge in [-0.25, -0.2) is 0 Å². The van der Waals surface area contributed by atoms with Crippen LogP contribution in [0, 0.1) is 6.92 Å². The van der Waals surface area contributed by atoms with Gasteiger partial charge in [0.15, 0.2) is 0 Å². The molecule has 1 aromatic heterocycles. The second-order valence-electron chi connectivity index (χ2n) is 7.97. The summed E-state index contributed by atoms with van der Waals surface area (Å²) in [6, 6.07) is 2.56. The number of nitrogens with zero attached hydrogens (tertiary/aromatic N) is 2. The lowest BCUT2D eigenvalue weighted by Gasteiger charge is -2.48. The van der Waals surface area contributed by atoms with E-state index in [1.54, 1.807) is 6.20 Å². The summed E-state index contributed by atoms with van der Waals surface area (Å²) in [5, 5.41) is 3.64. The number of hydrogen-bond acceptors (Lipinski definition) is 5. The maximum atomic E-state index is 6.06. The third-order valence-corrected chi connectivity index (χ3v) is 6.10. The van der Waals surface area contributed by atoms with Crippen LogP contribution in [-0.4, -0.2) is 47.3 Å². The monoisotopic (exact) mass is 346 g/mol. The van der Waals surface area contributed by atoms with Crippen LogP contribution in [0.5, 0.6) is 0 Å². The molecule has 0 amide bonds. The highest BCUT2D eigenvalue weighted by molar-refractivity contribution is 5.65. The summed E-state index contributed by atoms with van der Waals surface area (Å²) in [5.74, 6) is 0. The van der Waals surface area contributed by atoms with Crippen molar-refractivity contribution in [3.63, 3.8) is 0 Å². The molecule has 0 bridgehead atoms. The van der Waals surface area contributed by atoms with Crippen LogP contribution in [-0.2, 0) is 4.74 Å². The Morgan fingerprint density at radius 3 is 2.60 bits per heavy atom. The first kappa shape index (κ1) is 18.5. The zero-order valence-corrected chi connectivity index (χ0v) is 16.1. The number of hydrogen-bond donors (Lipinski definition) is 2. The fourth-order valence-electron chi connectivity index (χ4n) is 4.41. The molecule has 1 aliphatic heterocycles. The number of piperidine rings is 1. The van der Waals surface area contributed by atoms with Gasteiger partial charge in [0.05, 0.1) is 23.7 Å². The van der Waals surface area contributed by atoms with Crippen molar-refractivity contribution in [1.29, 1.82) is 0 Å². The number of nitrogens with two attached hydrogens (primary N) is 1. The topological polar surface area (TPSA) is 63.4 Å². The van der Waals surface area contributed by atoms with Crippen LogP contribution >= 0.6 is 0 Å². The van der Waals surface area contributed by atoms with Gasteiger partial charge < -0.3 is 15.8 Å². The van der Waals surface area contributed by atoms with Gasteiger partial charge in [0.25, 0.3) is 0 Å². The van der Waals surface area contributed by atoms with E-state index in [2.05, 4.69) is 35.1 Å². The predicted molar refractivity (Wildman–Crippen MR) is 104 cm³/mol. The van der Waals surface area contributed by atoms with Gasteiger partial charge in [0, 0.05) is 37.0 Å². The minimum absolute atomic E-state index is 0.352. The summed E-state index contributed by atoms with van der Waals surface area (Å²) in [6.07, 6.45) is 9.50. The van der Waals surface area contributed by atoms with Crippen LogP contribution in [0.2, 0.25) is 0 Å². The average molecular weight is 347 g/mol. The van der Waals surface area contributed by atoms with Crippen LogP contribution in [0.3, 0.4) is 0 Å². The molecule has 5 heteroatoms. The quantitative estimate of drug-likeness (QED) is 0.853. The maximum Gasteiger partial charge on any atom is 0.0736 e. The van der Waals surface area contributed by atoms with Gasteiger partial charge in [0.2, 0.25) is 0 Å². The van der Waals surface area contributed by atoms with Crippen LogP contribution < -0.4 is 11.1 Å². The number of aryl methyl sites for hydroxylation is 1. The number of ether oxygens (including phenoxy) is 1. The average Bonchev–Trinajstić information content (AvgIpc) is 2.61. The molecule has 1 saturated carbocycles. The highest BCUT2D eigenvalue weighted by atomic mass is 16.5. The molecular formula is C20H34N4O. The summed E-state index contributed by atoms with van der Waals surface area (Å²) in [4.78, 5) is 6.97. The van der Waals surface area contributed by atoms with Gasteiger partial charge in [-0.1, -0.05) is 0 Å². The lowest BCUT2D eigenvalue weighted by atomic mass is 9.79. The van der Waals surface area contributed by atoms with Crippen molar-refractivity contribution in [2.75, 3.05) is 30.7 Å². The second kappa shape index (κ2) is 7.92. The normalized spacial score (nSPS) is 28.8. The predicted octanol–water partition coefficient (Wildman–Crippen LogP) is 3.59. The zero-order valence-electron chi connectivity index (χ0n) is 16.1. The van der Waals surface area contributed by atoms with E-state index in [1.165, 1.54) is 38.5 Å². The van der Waals surface area contributed by atoms with Crippen molar-refractivity contribution in [2.24, 2.45) is 0 Å². The van der Waals surface area contributed by atoms with Crippen molar-refractivity contribution in [3.8, 4) is 0 Å². The molecule has 1 aliphatic carbocycles. The van der Waals surface area contributed by atoms with Gasteiger partial charge in [-0.15, -0.1) is 0 Å². The molecule has 5 nitrogen and oxygen atoms in total. The van der Waals surface area contributed by atoms with Gasteiger partial charge in [0.1, 0.15) is 0 Å². The Bertz CT molecular complexity index is 561. The maximum absolute atomic E-state index is 6.06. The summed E-state index contributed by atoms with van der Waals surface area (Å²) in [5.41, 5.74) is 9.20. The number of nitrogens with one attached hydrogen (secondary N) is 1. The van der Waals surface area contributed by atoms with Gasteiger partial charge in [-0.3, -0.25) is 9.88 Å². The van der Waals surface area contributed by atoms with Crippen LogP contribution in [0.25, 0.3) is 0 Å². The summed E-state index contributed by atoms with van der Waals surface area (Å²) >= 11 is 0. The van der Waals surface area contributed by atoms with E-state index < -0.39 is 0 Å². The van der Waals surface area contributed by atoms with E-state index in [1.807, 2.05) is 6.92 Å². The number of likely N-dealkylation sites (tertiary alicyclic amines) is 1. The van der Waals surface area contributed by atoms with Gasteiger partial charge >= 0.3 is 0 Å². The van der Waals surface area contributed by atoms with Crippen molar-refractivity contribution in [2.45, 2.75) is 77.0 Å². The Morgan fingerprint density at radius 2 is 1.96 bits per heavy atom. The fourth-order valence-corrected chi connectivity index (χ4v) is 4.41. The Balaban J connectivity index is 1.51. The minimum Gasteiger partial charge on any atom is -0.396 e. The molecule has 0 atom stereocenters. The molecule has 0 aromatic carbocycles. The molecule has 3 N–H and O–H groups in total. The molecule has 2 heterocycles. The Labute approximate surface area is 152 Å². The van der Waals surface area contributed by atoms with E-state index in [0.717, 1.165) is 36.8 Å². The molecule has 1 saturated heterocycles. The molecule has 1 aromatic rings. The summed E-state index contributed by atoms with van der Waals surface area (Å²) in [6.45, 7) is 9.73. The number of pyridine rings is 1. The molecule has 140 valence electrons. The Hall–Kier alpha value is -1.33. The number of aromatic nitrogens is 1. The molecule has 2 aliphatic rings. The molecule has 0 unspecified atom stereocenters. The third kappa shape index (κ3) is 4.45. The zero-order chi connectivity index (χ0) is 17.9. The first-order valence-electron chi connectivity index (χ1n) is 9.85. The van der Waals surface area contributed by atoms with E-state index in [4.69, 9.17) is 10.5 Å². The second-order valence-corrected chi connectivity index (χ2v) is 7.97. The molecule has 25 heavy (non-hydrogen) atoms. The SMILES string of the molecule is CCO[C@H]1CC[C@](C)(N2CCC(Nc3cc(C)ncc3N)CC2)CC1. The molecule has 0 spiro atoms. The smallest absolute Gasteiger partial charge is 0.0736 e. The molecule has 2 fully saturated rings. The van der Waals surface area contributed by atoms with E-state index in [0.29, 0.717) is 17.7 Å². The molecular weight excluding hydrogens is 312 g/mol. The van der Waals surface area contributed by atoms with Crippen molar-refractivity contribution in [1.82, 2.24) is 9.88 Å². The van der Waals surface area contributed by atoms with E-state index in [-0.39, 0.29) is 0 Å². The Morgan fingerprint density at radius 1 is 1.28 bits per heavy atom. The van der Waals surface area contributed by atoms with E-state index >= 15 is 0 Å². The highest BCUT2D eigenvalue weighted by Crippen LogP contribution is 2.36. The van der Waals surface area contributed by atoms with Crippen LogP contribution in [0.1, 0.15) is 58.1 Å². The largest absolute Gasteiger partial charge is 0.396 e. The highest BCUT2D eigenvalue weighted by Gasteiger charge is 2.38. The molecule has 0 radical (unpaired) electrons. The van der Waals surface area contributed by atoms with Crippen LogP contribution in [0.15, 0.2) is 12.3 Å². The first-order chi connectivity index (χ1) is 12.0. The van der Waals surface area contributed by atoms with Crippen LogP contribution in [0.4, 0.5) is 11.4 Å². The number of rotatable bonds is 5. The third-order valence-electron chi connectivity index (χ3n) is 6.10. The standard InChI is InChI=1S/C20H34N4O/c1-4-25-17-5-9-20(3,10-6-17)24-11-7-16(8-12-24)23-19-13-15(2)22-14-18(19)21/h13-14,16-17H,4-12,21H2,1-3H3,(H,22,23)/t17-,20-. The summed E-state index contributed by atoms with van der Waals surface area (Å²) in [7, 11) is 0. The Kier molecular flexibility index (Phi) is 5.85. The lowest BCUT2D eigenvalue weighted by Crippen LogP contribution is -2.53. The fraction of sp³-hybridized carbons (Fsp3) is 0.750. The number of anilines is 2. The van der Waals surface area contributed by atoms with Gasteiger partial charge in [-0.2, -0.15) is 0 Å². The first-order valence-corrected chi connectivity index (χ1v) is 9.85. The number of nitrogen functional groups attached to an aromatic ring is 1. The summed E-state index contributed by atoms with van der Waals surface area (Å²) < 4.78 is 5.82. The minimum atomic E-state index is 0.352.